The Balaban J connectivity index is 1.47. The van der Waals surface area contributed by atoms with Crippen LogP contribution in [0, 0.1) is 12.7 Å². The molecule has 33 heavy (non-hydrogen) atoms. The molecule has 0 saturated carbocycles. The van der Waals surface area contributed by atoms with Crippen molar-refractivity contribution in [2.75, 3.05) is 11.4 Å². The van der Waals surface area contributed by atoms with Crippen molar-refractivity contribution in [3.8, 4) is 5.75 Å². The Morgan fingerprint density at radius 3 is 2.64 bits per heavy atom. The van der Waals surface area contributed by atoms with Gasteiger partial charge in [0, 0.05) is 24.6 Å². The Bertz CT molecular complexity index is 1190. The fourth-order valence-electron chi connectivity index (χ4n) is 4.22. The molecule has 6 heteroatoms. The minimum absolute atomic E-state index is 0.0422. The number of ether oxygens (including phenoxy) is 1. The molecule has 5 nitrogen and oxygen atoms in total. The summed E-state index contributed by atoms with van der Waals surface area (Å²) in [4.78, 5) is 25.6. The molecule has 3 aromatic rings. The number of para-hydroxylation sites is 1. The van der Waals surface area contributed by atoms with Gasteiger partial charge in [0.05, 0.1) is 12.1 Å². The zero-order valence-corrected chi connectivity index (χ0v) is 18.5. The summed E-state index contributed by atoms with van der Waals surface area (Å²) in [5.41, 5.74) is 5.31. The molecule has 1 N–H and O–H groups in total. The smallest absolute Gasteiger partial charge is 0.303 e. The largest absolute Gasteiger partial charge is 0.489 e. The van der Waals surface area contributed by atoms with Crippen LogP contribution in [0.25, 0.3) is 0 Å². The number of carboxylic acids is 1. The number of anilines is 1. The second-order valence-electron chi connectivity index (χ2n) is 8.32. The molecule has 0 fully saturated rings. The number of aryl methyl sites for hydroxylation is 2. The molecule has 0 radical (unpaired) electrons. The number of nitrogens with zero attached hydrogens (tertiary/aromatic N) is 1. The Kier molecular flexibility index (Phi) is 6.73. The average molecular weight is 448 g/mol. The highest BCUT2D eigenvalue weighted by atomic mass is 19.1. The average Bonchev–Trinajstić information content (AvgIpc) is 3.22. The molecule has 0 aromatic heterocycles. The highest BCUT2D eigenvalue weighted by molar-refractivity contribution is 5.97. The molecule has 0 aliphatic carbocycles. The quantitative estimate of drug-likeness (QED) is 0.535. The highest BCUT2D eigenvalue weighted by Gasteiger charge is 2.27. The summed E-state index contributed by atoms with van der Waals surface area (Å²) in [5, 5.41) is 8.79. The SMILES string of the molecule is Cc1cccc(CC(=O)N2CCc3cccc(COc4ccc(CCC(=O)O)c(F)c4)c32)c1. The molecule has 0 bridgehead atoms. The van der Waals surface area contributed by atoms with Crippen LogP contribution in [-0.2, 0) is 35.5 Å². The molecule has 4 rings (SSSR count). The lowest BCUT2D eigenvalue weighted by molar-refractivity contribution is -0.137. The standard InChI is InChI=1S/C27H26FNO4/c1-18-4-2-5-19(14-18)15-25(30)29-13-12-21-6-3-7-22(27(21)29)17-33-23-10-8-20(24(28)16-23)9-11-26(31)32/h2-8,10,14,16H,9,11-13,15,17H2,1H3,(H,31,32). The van der Waals surface area contributed by atoms with E-state index in [1.807, 2.05) is 54.3 Å². The monoisotopic (exact) mass is 447 g/mol. The van der Waals surface area contributed by atoms with E-state index >= 15 is 0 Å². The Labute approximate surface area is 192 Å². The summed E-state index contributed by atoms with van der Waals surface area (Å²) in [5.74, 6) is -1.04. The van der Waals surface area contributed by atoms with Gasteiger partial charge in [0.25, 0.3) is 0 Å². The zero-order valence-electron chi connectivity index (χ0n) is 18.5. The van der Waals surface area contributed by atoms with Gasteiger partial charge in [-0.1, -0.05) is 54.1 Å². The molecular weight excluding hydrogens is 421 g/mol. The topological polar surface area (TPSA) is 66.8 Å². The van der Waals surface area contributed by atoms with Gasteiger partial charge in [0.1, 0.15) is 18.2 Å². The molecule has 0 spiro atoms. The summed E-state index contributed by atoms with van der Waals surface area (Å²) in [6.07, 6.45) is 1.13. The third-order valence-corrected chi connectivity index (χ3v) is 5.84. The maximum Gasteiger partial charge on any atom is 0.303 e. The first-order chi connectivity index (χ1) is 15.9. The van der Waals surface area contributed by atoms with E-state index in [-0.39, 0.29) is 25.4 Å². The van der Waals surface area contributed by atoms with Crippen LogP contribution in [0.15, 0.2) is 60.7 Å². The third-order valence-electron chi connectivity index (χ3n) is 5.84. The van der Waals surface area contributed by atoms with Crippen molar-refractivity contribution in [2.45, 2.75) is 39.2 Å². The van der Waals surface area contributed by atoms with E-state index < -0.39 is 11.8 Å². The number of hydrogen-bond acceptors (Lipinski definition) is 3. The number of hydrogen-bond donors (Lipinski definition) is 1. The number of amides is 1. The fourth-order valence-corrected chi connectivity index (χ4v) is 4.22. The van der Waals surface area contributed by atoms with E-state index in [4.69, 9.17) is 9.84 Å². The number of fused-ring (bicyclic) bond motifs is 1. The maximum absolute atomic E-state index is 14.3. The first-order valence-corrected chi connectivity index (χ1v) is 11.0. The summed E-state index contributed by atoms with van der Waals surface area (Å²) in [6, 6.07) is 18.3. The molecular formula is C27H26FNO4. The highest BCUT2D eigenvalue weighted by Crippen LogP contribution is 2.33. The minimum atomic E-state index is -0.964. The molecule has 3 aromatic carbocycles. The second-order valence-corrected chi connectivity index (χ2v) is 8.32. The zero-order chi connectivity index (χ0) is 23.4. The lowest BCUT2D eigenvalue weighted by Crippen LogP contribution is -2.31. The van der Waals surface area contributed by atoms with Crippen LogP contribution in [0.3, 0.4) is 0 Å². The van der Waals surface area contributed by atoms with Gasteiger partial charge in [-0.05, 0) is 42.5 Å². The van der Waals surface area contributed by atoms with E-state index in [0.29, 0.717) is 24.3 Å². The number of carbonyl (C=O) groups excluding carboxylic acids is 1. The molecule has 1 heterocycles. The minimum Gasteiger partial charge on any atom is -0.489 e. The normalized spacial score (nSPS) is 12.5. The van der Waals surface area contributed by atoms with Crippen molar-refractivity contribution in [1.82, 2.24) is 0 Å². The predicted octanol–water partition coefficient (Wildman–Crippen LogP) is 4.86. The van der Waals surface area contributed by atoms with Crippen LogP contribution >= 0.6 is 0 Å². The molecule has 1 aliphatic rings. The van der Waals surface area contributed by atoms with Gasteiger partial charge in [-0.25, -0.2) is 4.39 Å². The first-order valence-electron chi connectivity index (χ1n) is 11.0. The van der Waals surface area contributed by atoms with Gasteiger partial charge in [0.15, 0.2) is 0 Å². The predicted molar refractivity (Wildman–Crippen MR) is 124 cm³/mol. The number of halogens is 1. The molecule has 0 atom stereocenters. The van der Waals surface area contributed by atoms with Crippen molar-refractivity contribution >= 4 is 17.6 Å². The van der Waals surface area contributed by atoms with E-state index in [1.54, 1.807) is 12.1 Å². The Hall–Kier alpha value is -3.67. The lowest BCUT2D eigenvalue weighted by Gasteiger charge is -2.21. The van der Waals surface area contributed by atoms with E-state index in [1.165, 1.54) is 6.07 Å². The molecule has 1 aliphatic heterocycles. The van der Waals surface area contributed by atoms with Gasteiger partial charge in [0.2, 0.25) is 5.91 Å². The Morgan fingerprint density at radius 1 is 1.06 bits per heavy atom. The van der Waals surface area contributed by atoms with Gasteiger partial charge in [-0.3, -0.25) is 9.59 Å². The van der Waals surface area contributed by atoms with Crippen LogP contribution < -0.4 is 9.64 Å². The van der Waals surface area contributed by atoms with Crippen molar-refractivity contribution in [3.63, 3.8) is 0 Å². The Morgan fingerprint density at radius 2 is 1.88 bits per heavy atom. The number of aliphatic carboxylic acids is 1. The number of rotatable bonds is 8. The summed E-state index contributed by atoms with van der Waals surface area (Å²) in [7, 11) is 0. The van der Waals surface area contributed by atoms with Crippen molar-refractivity contribution in [1.29, 1.82) is 0 Å². The third kappa shape index (κ3) is 5.40. The van der Waals surface area contributed by atoms with Crippen molar-refractivity contribution < 1.29 is 23.8 Å². The van der Waals surface area contributed by atoms with Crippen molar-refractivity contribution in [3.05, 3.63) is 94.3 Å². The number of carboxylic acid groups (broad SMARTS) is 1. The molecule has 0 saturated heterocycles. The van der Waals surface area contributed by atoms with Crippen LogP contribution in [-0.4, -0.2) is 23.5 Å². The van der Waals surface area contributed by atoms with Crippen LogP contribution in [0.1, 0.15) is 34.2 Å². The second kappa shape index (κ2) is 9.86. The fraction of sp³-hybridized carbons (Fsp3) is 0.259. The summed E-state index contributed by atoms with van der Waals surface area (Å²) < 4.78 is 20.2. The van der Waals surface area contributed by atoms with Crippen LogP contribution in [0.2, 0.25) is 0 Å². The van der Waals surface area contributed by atoms with Gasteiger partial charge < -0.3 is 14.7 Å². The summed E-state index contributed by atoms with van der Waals surface area (Å²) >= 11 is 0. The van der Waals surface area contributed by atoms with Gasteiger partial charge in [-0.2, -0.15) is 0 Å². The molecule has 170 valence electrons. The number of benzene rings is 3. The van der Waals surface area contributed by atoms with E-state index in [9.17, 15) is 14.0 Å². The molecule has 0 unspecified atom stereocenters. The van der Waals surface area contributed by atoms with E-state index in [2.05, 4.69) is 0 Å². The van der Waals surface area contributed by atoms with Crippen LogP contribution in [0.5, 0.6) is 5.75 Å². The maximum atomic E-state index is 14.3. The van der Waals surface area contributed by atoms with Crippen LogP contribution in [0.4, 0.5) is 10.1 Å². The lowest BCUT2D eigenvalue weighted by atomic mass is 10.1. The van der Waals surface area contributed by atoms with Gasteiger partial charge >= 0.3 is 5.97 Å². The van der Waals surface area contributed by atoms with E-state index in [0.717, 1.165) is 34.4 Å². The number of carbonyl (C=O) groups is 2. The first kappa shape index (κ1) is 22.5. The van der Waals surface area contributed by atoms with Crippen molar-refractivity contribution in [2.24, 2.45) is 0 Å². The molecule has 1 amide bonds. The van der Waals surface area contributed by atoms with Gasteiger partial charge in [-0.15, -0.1) is 0 Å². The summed E-state index contributed by atoms with van der Waals surface area (Å²) in [6.45, 7) is 2.84.